The molecule has 0 spiro atoms. The molecule has 0 radical (unpaired) electrons. The van der Waals surface area contributed by atoms with Gasteiger partial charge in [-0.25, -0.2) is 4.68 Å². The molecule has 0 fully saturated rings. The van der Waals surface area contributed by atoms with Crippen LogP contribution in [0.15, 0.2) is 24.3 Å². The largest absolute Gasteiger partial charge is 0.494 e. The van der Waals surface area contributed by atoms with Crippen molar-refractivity contribution in [1.29, 1.82) is 0 Å². The van der Waals surface area contributed by atoms with Crippen molar-refractivity contribution in [2.45, 2.75) is 6.92 Å². The van der Waals surface area contributed by atoms with Gasteiger partial charge >= 0.3 is 0 Å². The lowest BCUT2D eigenvalue weighted by Crippen LogP contribution is -2.03. The molecule has 2 rings (SSSR count). The maximum absolute atomic E-state index is 10.7. The summed E-state index contributed by atoms with van der Waals surface area (Å²) in [4.78, 5) is 10.2. The van der Waals surface area contributed by atoms with Gasteiger partial charge < -0.3 is 10.5 Å². The standard InChI is InChI=1S/C11H12N4O3/c1-7-5-11(12)13-14(7)9-4-3-8(15(16)17)6-10(9)18-2/h3-6H,1-2H3,(H2,12,13). The molecule has 1 aromatic heterocycles. The summed E-state index contributed by atoms with van der Waals surface area (Å²) in [7, 11) is 1.45. The Labute approximate surface area is 103 Å². The van der Waals surface area contributed by atoms with Crippen LogP contribution in [0, 0.1) is 17.0 Å². The molecule has 2 aromatic rings. The van der Waals surface area contributed by atoms with E-state index in [4.69, 9.17) is 10.5 Å². The van der Waals surface area contributed by atoms with Crippen LogP contribution in [0.25, 0.3) is 5.69 Å². The molecule has 0 aliphatic heterocycles. The van der Waals surface area contributed by atoms with E-state index in [0.29, 0.717) is 17.3 Å². The summed E-state index contributed by atoms with van der Waals surface area (Å²) in [5, 5.41) is 14.8. The molecule has 0 saturated carbocycles. The van der Waals surface area contributed by atoms with Gasteiger partial charge in [0.25, 0.3) is 5.69 Å². The second-order valence-electron chi connectivity index (χ2n) is 3.74. The smallest absolute Gasteiger partial charge is 0.273 e. The van der Waals surface area contributed by atoms with E-state index >= 15 is 0 Å². The number of benzene rings is 1. The van der Waals surface area contributed by atoms with Crippen molar-refractivity contribution >= 4 is 11.5 Å². The van der Waals surface area contributed by atoms with Crippen LogP contribution in [0.3, 0.4) is 0 Å². The molecule has 0 saturated heterocycles. The van der Waals surface area contributed by atoms with Crippen molar-refractivity contribution in [3.8, 4) is 11.4 Å². The quantitative estimate of drug-likeness (QED) is 0.658. The Bertz CT molecular complexity index is 606. The van der Waals surface area contributed by atoms with Gasteiger partial charge in [-0.3, -0.25) is 10.1 Å². The third-order valence-electron chi connectivity index (χ3n) is 2.51. The highest BCUT2D eigenvalue weighted by molar-refractivity contribution is 5.54. The van der Waals surface area contributed by atoms with Gasteiger partial charge in [-0.05, 0) is 13.0 Å². The van der Waals surface area contributed by atoms with Gasteiger partial charge in [-0.2, -0.15) is 5.10 Å². The maximum Gasteiger partial charge on any atom is 0.273 e. The number of nitro benzene ring substituents is 1. The first-order valence-electron chi connectivity index (χ1n) is 5.18. The average Bonchev–Trinajstić information content (AvgIpc) is 2.67. The van der Waals surface area contributed by atoms with Gasteiger partial charge in [-0.15, -0.1) is 0 Å². The number of aryl methyl sites for hydroxylation is 1. The fraction of sp³-hybridized carbons (Fsp3) is 0.182. The van der Waals surface area contributed by atoms with E-state index in [9.17, 15) is 10.1 Å². The van der Waals surface area contributed by atoms with Crippen LogP contribution in [0.2, 0.25) is 0 Å². The Morgan fingerprint density at radius 3 is 2.67 bits per heavy atom. The number of nitro groups is 1. The van der Waals surface area contributed by atoms with Crippen LogP contribution in [-0.4, -0.2) is 21.8 Å². The molecule has 0 atom stereocenters. The molecule has 1 heterocycles. The number of rotatable bonds is 3. The number of methoxy groups -OCH3 is 1. The fourth-order valence-corrected chi connectivity index (χ4v) is 1.70. The van der Waals surface area contributed by atoms with E-state index in [-0.39, 0.29) is 5.69 Å². The molecule has 1 aromatic carbocycles. The Hall–Kier alpha value is -2.57. The van der Waals surface area contributed by atoms with Gasteiger partial charge in [0.1, 0.15) is 11.5 Å². The normalized spacial score (nSPS) is 10.3. The van der Waals surface area contributed by atoms with E-state index in [1.165, 1.54) is 19.2 Å². The van der Waals surface area contributed by atoms with Crippen molar-refractivity contribution in [2.24, 2.45) is 0 Å². The molecule has 18 heavy (non-hydrogen) atoms. The number of ether oxygens (including phenoxy) is 1. The minimum Gasteiger partial charge on any atom is -0.494 e. The number of hydrogen-bond donors (Lipinski definition) is 1. The van der Waals surface area contributed by atoms with Gasteiger partial charge in [0.2, 0.25) is 0 Å². The number of nitrogen functional groups attached to an aromatic ring is 1. The highest BCUT2D eigenvalue weighted by Gasteiger charge is 2.14. The average molecular weight is 248 g/mol. The number of nitrogens with two attached hydrogens (primary N) is 1. The Kier molecular flexibility index (Phi) is 2.88. The zero-order valence-electron chi connectivity index (χ0n) is 9.95. The second kappa shape index (κ2) is 4.36. The van der Waals surface area contributed by atoms with Crippen molar-refractivity contribution < 1.29 is 9.66 Å². The Morgan fingerprint density at radius 1 is 1.44 bits per heavy atom. The van der Waals surface area contributed by atoms with Crippen LogP contribution < -0.4 is 10.5 Å². The highest BCUT2D eigenvalue weighted by atomic mass is 16.6. The number of nitrogens with zero attached hydrogens (tertiary/aromatic N) is 3. The minimum absolute atomic E-state index is 0.0339. The number of aromatic nitrogens is 2. The molecule has 2 N–H and O–H groups in total. The summed E-state index contributed by atoms with van der Waals surface area (Å²) in [6, 6.07) is 6.04. The van der Waals surface area contributed by atoms with E-state index in [0.717, 1.165) is 5.69 Å². The van der Waals surface area contributed by atoms with Crippen LogP contribution in [0.5, 0.6) is 5.75 Å². The molecule has 94 valence electrons. The lowest BCUT2D eigenvalue weighted by atomic mass is 10.2. The molecule has 0 aliphatic carbocycles. The summed E-state index contributed by atoms with van der Waals surface area (Å²) in [6.07, 6.45) is 0. The SMILES string of the molecule is COc1cc([N+](=O)[O-])ccc1-n1nc(N)cc1C. The summed E-state index contributed by atoms with van der Waals surface area (Å²) in [5.74, 6) is 0.753. The summed E-state index contributed by atoms with van der Waals surface area (Å²) < 4.78 is 6.73. The Balaban J connectivity index is 2.58. The first kappa shape index (κ1) is 11.9. The van der Waals surface area contributed by atoms with E-state index in [1.54, 1.807) is 16.8 Å². The minimum atomic E-state index is -0.476. The summed E-state index contributed by atoms with van der Waals surface area (Å²) >= 11 is 0. The fourth-order valence-electron chi connectivity index (χ4n) is 1.70. The molecule has 0 unspecified atom stereocenters. The van der Waals surface area contributed by atoms with Gasteiger partial charge in [0.15, 0.2) is 5.75 Å². The first-order chi connectivity index (χ1) is 8.52. The van der Waals surface area contributed by atoms with Gasteiger partial charge in [0.05, 0.1) is 18.1 Å². The molecule has 7 nitrogen and oxygen atoms in total. The van der Waals surface area contributed by atoms with Crippen molar-refractivity contribution in [3.05, 3.63) is 40.1 Å². The predicted molar refractivity (Wildman–Crippen MR) is 65.9 cm³/mol. The van der Waals surface area contributed by atoms with E-state index in [2.05, 4.69) is 5.10 Å². The Morgan fingerprint density at radius 2 is 2.17 bits per heavy atom. The van der Waals surface area contributed by atoms with Crippen LogP contribution in [-0.2, 0) is 0 Å². The summed E-state index contributed by atoms with van der Waals surface area (Å²) in [6.45, 7) is 1.84. The second-order valence-corrected chi connectivity index (χ2v) is 3.74. The van der Waals surface area contributed by atoms with Crippen molar-refractivity contribution in [1.82, 2.24) is 9.78 Å². The van der Waals surface area contributed by atoms with Crippen molar-refractivity contribution in [3.63, 3.8) is 0 Å². The molecule has 7 heteroatoms. The molecule has 0 aliphatic rings. The first-order valence-corrected chi connectivity index (χ1v) is 5.18. The molecule has 0 bridgehead atoms. The maximum atomic E-state index is 10.7. The third kappa shape index (κ3) is 1.97. The number of non-ortho nitro benzene ring substituents is 1. The summed E-state index contributed by atoms with van der Waals surface area (Å²) in [5.41, 5.74) is 7.00. The molecular formula is C11H12N4O3. The van der Waals surface area contributed by atoms with E-state index in [1.807, 2.05) is 6.92 Å². The topological polar surface area (TPSA) is 96.2 Å². The lowest BCUT2D eigenvalue weighted by Gasteiger charge is -2.09. The number of anilines is 1. The van der Waals surface area contributed by atoms with Crippen LogP contribution >= 0.6 is 0 Å². The zero-order chi connectivity index (χ0) is 13.3. The zero-order valence-corrected chi connectivity index (χ0v) is 9.95. The number of hydrogen-bond acceptors (Lipinski definition) is 5. The third-order valence-corrected chi connectivity index (χ3v) is 2.51. The molecular weight excluding hydrogens is 236 g/mol. The van der Waals surface area contributed by atoms with Crippen molar-refractivity contribution in [2.75, 3.05) is 12.8 Å². The van der Waals surface area contributed by atoms with Gasteiger partial charge in [-0.1, -0.05) is 0 Å². The van der Waals surface area contributed by atoms with Crippen LogP contribution in [0.4, 0.5) is 11.5 Å². The lowest BCUT2D eigenvalue weighted by molar-refractivity contribution is -0.384. The monoisotopic (exact) mass is 248 g/mol. The van der Waals surface area contributed by atoms with Gasteiger partial charge in [0, 0.05) is 17.8 Å². The van der Waals surface area contributed by atoms with E-state index < -0.39 is 4.92 Å². The predicted octanol–water partition coefficient (Wildman–Crippen LogP) is 1.68. The van der Waals surface area contributed by atoms with Crippen LogP contribution in [0.1, 0.15) is 5.69 Å². The highest BCUT2D eigenvalue weighted by Crippen LogP contribution is 2.28. The molecule has 0 amide bonds.